The average Bonchev–Trinajstić information content (AvgIpc) is 2.65. The molecule has 1 aromatic carbocycles. The molecule has 0 atom stereocenters. The molecule has 0 radical (unpaired) electrons. The maximum atomic E-state index is 12.4. The largest absolute Gasteiger partial charge is 0.467 e. The van der Waals surface area contributed by atoms with Gasteiger partial charge in [-0.15, -0.1) is 0 Å². The lowest BCUT2D eigenvalue weighted by Crippen LogP contribution is -2.25. The minimum atomic E-state index is -0.252. The number of benzene rings is 1. The standard InChI is InChI=1S/C16H17N7O2/c1-23(2)15-20-13(21-16(22-15)25-3)9-19-14(24)10-4-5-11-12(8-10)18-7-6-17-11/h4-8H,9H2,1-3H3,(H,19,24). The molecule has 1 amide bonds. The number of nitrogens with zero attached hydrogens (tertiary/aromatic N) is 6. The van der Waals surface area contributed by atoms with E-state index in [1.807, 2.05) is 14.1 Å². The number of anilines is 1. The summed E-state index contributed by atoms with van der Waals surface area (Å²) in [5.74, 6) is 0.611. The highest BCUT2D eigenvalue weighted by molar-refractivity contribution is 5.97. The number of amides is 1. The molecule has 2 heterocycles. The van der Waals surface area contributed by atoms with Crippen LogP contribution in [0.15, 0.2) is 30.6 Å². The van der Waals surface area contributed by atoms with Crippen molar-refractivity contribution in [3.63, 3.8) is 0 Å². The van der Waals surface area contributed by atoms with Gasteiger partial charge in [0.05, 0.1) is 24.7 Å². The first-order valence-corrected chi connectivity index (χ1v) is 7.52. The summed E-state index contributed by atoms with van der Waals surface area (Å²) in [5.41, 5.74) is 1.88. The maximum Gasteiger partial charge on any atom is 0.321 e. The zero-order chi connectivity index (χ0) is 17.8. The van der Waals surface area contributed by atoms with E-state index in [0.717, 1.165) is 5.52 Å². The highest BCUT2D eigenvalue weighted by atomic mass is 16.5. The third kappa shape index (κ3) is 3.77. The molecule has 1 N–H and O–H groups in total. The van der Waals surface area contributed by atoms with Gasteiger partial charge in [0.1, 0.15) is 0 Å². The first-order valence-electron chi connectivity index (χ1n) is 7.52. The van der Waals surface area contributed by atoms with E-state index >= 15 is 0 Å². The van der Waals surface area contributed by atoms with Crippen molar-refractivity contribution in [3.05, 3.63) is 42.0 Å². The first-order chi connectivity index (χ1) is 12.1. The fraction of sp³-hybridized carbons (Fsp3) is 0.250. The molecular weight excluding hydrogens is 322 g/mol. The van der Waals surface area contributed by atoms with E-state index in [4.69, 9.17) is 4.74 Å². The van der Waals surface area contributed by atoms with Crippen LogP contribution in [0.2, 0.25) is 0 Å². The van der Waals surface area contributed by atoms with Gasteiger partial charge in [-0.25, -0.2) is 0 Å². The Labute approximate surface area is 144 Å². The zero-order valence-corrected chi connectivity index (χ0v) is 14.1. The topological polar surface area (TPSA) is 106 Å². The van der Waals surface area contributed by atoms with E-state index in [1.54, 1.807) is 35.5 Å². The van der Waals surface area contributed by atoms with Crippen molar-refractivity contribution >= 4 is 22.9 Å². The van der Waals surface area contributed by atoms with Crippen LogP contribution in [0.3, 0.4) is 0 Å². The summed E-state index contributed by atoms with van der Waals surface area (Å²) >= 11 is 0. The van der Waals surface area contributed by atoms with Crippen molar-refractivity contribution in [2.45, 2.75) is 6.54 Å². The molecule has 128 valence electrons. The van der Waals surface area contributed by atoms with Gasteiger partial charge in [-0.1, -0.05) is 0 Å². The Balaban J connectivity index is 1.76. The van der Waals surface area contributed by atoms with Crippen molar-refractivity contribution in [1.29, 1.82) is 0 Å². The number of carbonyl (C=O) groups excluding carboxylic acids is 1. The quantitative estimate of drug-likeness (QED) is 0.728. The predicted molar refractivity (Wildman–Crippen MR) is 91.4 cm³/mol. The Morgan fingerprint density at radius 1 is 1.12 bits per heavy atom. The zero-order valence-electron chi connectivity index (χ0n) is 14.1. The molecule has 2 aromatic heterocycles. The highest BCUT2D eigenvalue weighted by Gasteiger charge is 2.11. The van der Waals surface area contributed by atoms with Crippen LogP contribution < -0.4 is 15.0 Å². The Kier molecular flexibility index (Phi) is 4.64. The van der Waals surface area contributed by atoms with Crippen LogP contribution in [0.4, 0.5) is 5.95 Å². The molecule has 0 saturated heterocycles. The van der Waals surface area contributed by atoms with Gasteiger partial charge in [-0.05, 0) is 18.2 Å². The van der Waals surface area contributed by atoms with Crippen LogP contribution >= 0.6 is 0 Å². The van der Waals surface area contributed by atoms with Gasteiger partial charge >= 0.3 is 6.01 Å². The minimum absolute atomic E-state index is 0.150. The summed E-state index contributed by atoms with van der Waals surface area (Å²) in [5, 5.41) is 2.78. The van der Waals surface area contributed by atoms with Crippen LogP contribution in [0.1, 0.15) is 16.2 Å². The SMILES string of the molecule is COc1nc(CNC(=O)c2ccc3nccnc3c2)nc(N(C)C)n1. The van der Waals surface area contributed by atoms with Crippen molar-refractivity contribution in [2.75, 3.05) is 26.1 Å². The second-order valence-electron chi connectivity index (χ2n) is 5.38. The molecular formula is C16H17N7O2. The van der Waals surface area contributed by atoms with E-state index in [1.165, 1.54) is 7.11 Å². The number of fused-ring (bicyclic) bond motifs is 1. The fourth-order valence-electron chi connectivity index (χ4n) is 2.12. The average molecular weight is 339 g/mol. The van der Waals surface area contributed by atoms with Crippen molar-refractivity contribution in [3.8, 4) is 6.01 Å². The van der Waals surface area contributed by atoms with Crippen LogP contribution in [0.25, 0.3) is 11.0 Å². The van der Waals surface area contributed by atoms with Gasteiger partial charge in [0, 0.05) is 32.1 Å². The van der Waals surface area contributed by atoms with Crippen LogP contribution in [-0.2, 0) is 6.54 Å². The fourth-order valence-corrected chi connectivity index (χ4v) is 2.12. The highest BCUT2D eigenvalue weighted by Crippen LogP contribution is 2.12. The molecule has 0 spiro atoms. The molecule has 9 heteroatoms. The monoisotopic (exact) mass is 339 g/mol. The molecule has 0 saturated carbocycles. The van der Waals surface area contributed by atoms with E-state index in [-0.39, 0.29) is 18.5 Å². The number of hydrogen-bond donors (Lipinski definition) is 1. The molecule has 9 nitrogen and oxygen atoms in total. The smallest absolute Gasteiger partial charge is 0.321 e. The Hall–Kier alpha value is -3.36. The van der Waals surface area contributed by atoms with Crippen LogP contribution in [0, 0.1) is 0 Å². The van der Waals surface area contributed by atoms with E-state index in [0.29, 0.717) is 22.9 Å². The summed E-state index contributed by atoms with van der Waals surface area (Å²) in [6, 6.07) is 5.35. The van der Waals surface area contributed by atoms with Gasteiger partial charge < -0.3 is 15.0 Å². The lowest BCUT2D eigenvalue weighted by atomic mass is 10.2. The summed E-state index contributed by atoms with van der Waals surface area (Å²) in [7, 11) is 5.10. The first kappa shape index (κ1) is 16.5. The molecule has 0 aliphatic heterocycles. The Bertz CT molecular complexity index is 914. The lowest BCUT2D eigenvalue weighted by molar-refractivity contribution is 0.0950. The van der Waals surface area contributed by atoms with Gasteiger partial charge in [-0.3, -0.25) is 14.8 Å². The minimum Gasteiger partial charge on any atom is -0.467 e. The third-order valence-corrected chi connectivity index (χ3v) is 3.37. The molecule has 0 bridgehead atoms. The molecule has 0 fully saturated rings. The molecule has 3 aromatic rings. The van der Waals surface area contributed by atoms with E-state index in [2.05, 4.69) is 30.2 Å². The van der Waals surface area contributed by atoms with Crippen LogP contribution in [0.5, 0.6) is 6.01 Å². The summed E-state index contributed by atoms with van der Waals surface area (Å²) < 4.78 is 5.07. The second-order valence-corrected chi connectivity index (χ2v) is 5.38. The molecule has 0 unspecified atom stereocenters. The number of rotatable bonds is 5. The van der Waals surface area contributed by atoms with Gasteiger partial charge in [0.2, 0.25) is 5.95 Å². The Morgan fingerprint density at radius 2 is 1.88 bits per heavy atom. The Morgan fingerprint density at radius 3 is 2.60 bits per heavy atom. The molecule has 25 heavy (non-hydrogen) atoms. The predicted octanol–water partition coefficient (Wildman–Crippen LogP) is 0.819. The lowest BCUT2D eigenvalue weighted by Gasteiger charge is -2.12. The molecule has 3 rings (SSSR count). The second kappa shape index (κ2) is 7.04. The third-order valence-electron chi connectivity index (χ3n) is 3.37. The van der Waals surface area contributed by atoms with Gasteiger partial charge in [0.15, 0.2) is 5.82 Å². The maximum absolute atomic E-state index is 12.4. The number of methoxy groups -OCH3 is 1. The number of aromatic nitrogens is 5. The number of carbonyl (C=O) groups is 1. The van der Waals surface area contributed by atoms with Crippen molar-refractivity contribution in [1.82, 2.24) is 30.2 Å². The molecule has 0 aliphatic carbocycles. The van der Waals surface area contributed by atoms with Gasteiger partial charge in [-0.2, -0.15) is 15.0 Å². The van der Waals surface area contributed by atoms with Gasteiger partial charge in [0.25, 0.3) is 5.91 Å². The van der Waals surface area contributed by atoms with Crippen molar-refractivity contribution in [2.24, 2.45) is 0 Å². The van der Waals surface area contributed by atoms with Crippen molar-refractivity contribution < 1.29 is 9.53 Å². The van der Waals surface area contributed by atoms with E-state index in [9.17, 15) is 4.79 Å². The number of ether oxygens (including phenoxy) is 1. The number of hydrogen-bond acceptors (Lipinski definition) is 8. The summed E-state index contributed by atoms with van der Waals surface area (Å²) in [6.07, 6.45) is 3.20. The molecule has 0 aliphatic rings. The normalized spacial score (nSPS) is 10.5. The summed E-state index contributed by atoms with van der Waals surface area (Å²) in [6.45, 7) is 0.150. The number of nitrogens with one attached hydrogen (secondary N) is 1. The van der Waals surface area contributed by atoms with E-state index < -0.39 is 0 Å². The summed E-state index contributed by atoms with van der Waals surface area (Å²) in [4.78, 5) is 35.0. The van der Waals surface area contributed by atoms with Crippen LogP contribution in [-0.4, -0.2) is 52.0 Å².